The lowest BCUT2D eigenvalue weighted by atomic mass is 9.91. The zero-order valence-electron chi connectivity index (χ0n) is 55.3. The van der Waals surface area contributed by atoms with Crippen molar-refractivity contribution >= 4 is 62.8 Å². The van der Waals surface area contributed by atoms with Gasteiger partial charge in [0.25, 0.3) is 5.88 Å². The molecule has 4 aromatic heterocycles. The first-order valence-corrected chi connectivity index (χ1v) is 34.1. The minimum absolute atomic E-state index is 0.00232. The molecule has 2 bridgehead atoms. The maximum atomic E-state index is 17.9. The highest BCUT2D eigenvalue weighted by molar-refractivity contribution is 7.13. The number of carbonyl (C=O) groups is 4. The number of aliphatic hydroxyl groups excluding tert-OH is 1. The monoisotopic (exact) mass is 1320 g/mol. The second kappa shape index (κ2) is 26.7. The molecule has 8 atom stereocenters. The highest BCUT2D eigenvalue weighted by atomic mass is 32.1. The molecule has 25 heteroatoms. The topological polar surface area (TPSA) is 250 Å². The molecule has 6 aliphatic rings. The molecule has 4 amide bonds. The number of aliphatic hydroxyl groups is 1. The Hall–Kier alpha value is -8.26. The van der Waals surface area contributed by atoms with Crippen molar-refractivity contribution in [3.63, 3.8) is 0 Å². The quantitative estimate of drug-likeness (QED) is 0.0673. The zero-order valence-corrected chi connectivity index (χ0v) is 56.2. The van der Waals surface area contributed by atoms with E-state index in [9.17, 15) is 24.3 Å². The number of benzene rings is 3. The Morgan fingerprint density at radius 2 is 1.71 bits per heavy atom. The smallest absolute Gasteiger partial charge is 0.410 e. The summed E-state index contributed by atoms with van der Waals surface area (Å²) in [6.07, 6.45) is 5.14. The van der Waals surface area contributed by atoms with Gasteiger partial charge in [0.2, 0.25) is 11.8 Å². The van der Waals surface area contributed by atoms with E-state index in [1.54, 1.807) is 41.7 Å². The SMILES string of the molecule is CCc1cccc2cc(OCOC)cc(-c3ncc4c(N5CC6CCC(C5)N6C(=O)OC(C)(C)C)nc(OC[C@@]56CCCN5[C@H](COC(=O)N5CC(Oc7cc([C@H](C(=O)N8C[C@H](O)C[C@H]8C(=O)N[C@@H](C)c8ccc(-c9scnc9C)cc8)C(C)C)on7)C5)CC6)nc4c3F)c12. The number of aryl methyl sites for hydroxylation is 2. The Kier molecular flexibility index (Phi) is 18.4. The number of carbonyl (C=O) groups excluding carboxylic acids is 4. The van der Waals surface area contributed by atoms with Gasteiger partial charge in [-0.2, -0.15) is 9.97 Å². The number of amides is 4. The Bertz CT molecular complexity index is 3990. The van der Waals surface area contributed by atoms with Gasteiger partial charge in [-0.15, -0.1) is 11.3 Å². The van der Waals surface area contributed by atoms with Gasteiger partial charge in [-0.05, 0) is 137 Å². The number of hydrogen-bond donors (Lipinski definition) is 2. The molecule has 0 aliphatic carbocycles. The number of aromatic nitrogens is 5. The van der Waals surface area contributed by atoms with Crippen LogP contribution in [0.4, 0.5) is 19.8 Å². The second-order valence-electron chi connectivity index (χ2n) is 27.6. The number of halogens is 1. The Labute approximate surface area is 555 Å². The van der Waals surface area contributed by atoms with E-state index in [1.165, 1.54) is 4.90 Å². The number of likely N-dealkylation sites (tertiary alicyclic amines) is 2. The normalized spacial score (nSPS) is 22.7. The van der Waals surface area contributed by atoms with Crippen LogP contribution in [-0.2, 0) is 30.2 Å². The molecular formula is C70H84FN11O12S. The van der Waals surface area contributed by atoms with E-state index in [0.29, 0.717) is 42.0 Å². The van der Waals surface area contributed by atoms with Crippen LogP contribution in [-0.4, -0.2) is 188 Å². The molecule has 0 saturated carbocycles. The number of nitrogens with one attached hydrogen (secondary N) is 1. The second-order valence-corrected chi connectivity index (χ2v) is 28.5. The first-order valence-electron chi connectivity index (χ1n) is 33.2. The minimum atomic E-state index is -0.896. The van der Waals surface area contributed by atoms with Gasteiger partial charge in [-0.25, -0.2) is 19.0 Å². The zero-order chi connectivity index (χ0) is 66.6. The van der Waals surface area contributed by atoms with Crippen LogP contribution in [0.1, 0.15) is 128 Å². The van der Waals surface area contributed by atoms with E-state index in [-0.39, 0.29) is 123 Å². The van der Waals surface area contributed by atoms with Crippen molar-refractivity contribution in [1.29, 1.82) is 0 Å². The molecule has 0 spiro atoms. The molecule has 95 heavy (non-hydrogen) atoms. The number of β-amino-alcohol motifs (C(OH)–C–C–N with tert-alkyl or cyclic N) is 1. The third-order valence-corrected chi connectivity index (χ3v) is 20.7. The molecule has 3 aromatic carbocycles. The summed E-state index contributed by atoms with van der Waals surface area (Å²) in [5.41, 5.74) is 5.37. The van der Waals surface area contributed by atoms with Crippen LogP contribution in [0.5, 0.6) is 17.6 Å². The minimum Gasteiger partial charge on any atom is -0.468 e. The molecular weight excluding hydrogens is 1240 g/mol. The lowest BCUT2D eigenvalue weighted by Gasteiger charge is -2.42. The summed E-state index contributed by atoms with van der Waals surface area (Å²) in [7, 11) is 1.54. The van der Waals surface area contributed by atoms with Crippen molar-refractivity contribution < 1.29 is 61.6 Å². The Morgan fingerprint density at radius 3 is 2.42 bits per heavy atom. The molecule has 10 heterocycles. The molecule has 6 fully saturated rings. The number of methoxy groups -OCH3 is 1. The number of nitrogens with zero attached hydrogens (tertiary/aromatic N) is 10. The number of rotatable bonds is 20. The predicted octanol–water partition coefficient (Wildman–Crippen LogP) is 10.4. The standard InChI is InChI=1S/C70H84FN11O12S/c1-10-42-13-11-14-45-25-50(91-38-88-9)27-52(58(42)45)60-59(71)61-53(29-72-60)63(78-30-46-19-20-47(31-78)82(46)68(87)93-69(6,7)8)76-66(75-61)90-36-70-22-12-24-81(70)48(21-23-70)35-89-67(86)79-33-51(34-79)92-56-28-55(94-77-56)57(39(2)3)65(85)80-32-49(83)26-54(80)64(84)74-40(4)43-15-17-44(18-16-43)62-41(5)73-37-95-62/h11,13-18,25,27-29,37,39-40,46-49,51,54,57,83H,10,12,19-24,26,30-36,38H2,1-9H3,(H,74,84)/t40-,46?,47?,48-,49+,54-,57+,70-/m0/s1. The van der Waals surface area contributed by atoms with Crippen molar-refractivity contribution in [1.82, 2.24) is 50.0 Å². The number of pyridine rings is 1. The van der Waals surface area contributed by atoms with Crippen LogP contribution in [0.15, 0.2) is 76.9 Å². The predicted molar refractivity (Wildman–Crippen MR) is 353 cm³/mol. The van der Waals surface area contributed by atoms with Crippen molar-refractivity contribution in [3.05, 3.63) is 101 Å². The summed E-state index contributed by atoms with van der Waals surface area (Å²) >= 11 is 1.57. The lowest BCUT2D eigenvalue weighted by Crippen LogP contribution is -2.57. The summed E-state index contributed by atoms with van der Waals surface area (Å²) in [5, 5.41) is 20.2. The molecule has 7 aromatic rings. The third-order valence-electron chi connectivity index (χ3n) is 19.7. The van der Waals surface area contributed by atoms with E-state index >= 15 is 4.39 Å². The Balaban J connectivity index is 0.650. The first kappa shape index (κ1) is 65.4. The molecule has 6 aliphatic heterocycles. The highest BCUT2D eigenvalue weighted by Gasteiger charge is 2.51. The fraction of sp³-hybridized carbons (Fsp3) is 0.529. The van der Waals surface area contributed by atoms with Gasteiger partial charge in [0, 0.05) is 57.0 Å². The van der Waals surface area contributed by atoms with E-state index in [2.05, 4.69) is 32.2 Å². The van der Waals surface area contributed by atoms with Crippen LogP contribution in [0.25, 0.3) is 43.4 Å². The summed E-state index contributed by atoms with van der Waals surface area (Å²) in [6.45, 7) is 17.8. The number of hydrogen-bond acceptors (Lipinski definition) is 20. The number of fused-ring (bicyclic) bond motifs is 5. The largest absolute Gasteiger partial charge is 0.468 e. The third kappa shape index (κ3) is 13.2. The highest BCUT2D eigenvalue weighted by Crippen LogP contribution is 2.45. The molecule has 6 saturated heterocycles. The Morgan fingerprint density at radius 1 is 0.926 bits per heavy atom. The molecule has 13 rings (SSSR count). The molecule has 23 nitrogen and oxygen atoms in total. The molecule has 504 valence electrons. The van der Waals surface area contributed by atoms with E-state index in [0.717, 1.165) is 83.1 Å². The summed E-state index contributed by atoms with van der Waals surface area (Å²) < 4.78 is 59.6. The van der Waals surface area contributed by atoms with Crippen molar-refractivity contribution in [2.24, 2.45) is 5.92 Å². The maximum Gasteiger partial charge on any atom is 0.410 e. The van der Waals surface area contributed by atoms with Gasteiger partial charge in [0.15, 0.2) is 18.4 Å². The van der Waals surface area contributed by atoms with Crippen LogP contribution in [0, 0.1) is 18.7 Å². The maximum absolute atomic E-state index is 17.9. The van der Waals surface area contributed by atoms with Crippen molar-refractivity contribution in [3.8, 4) is 39.3 Å². The van der Waals surface area contributed by atoms with E-state index in [4.69, 9.17) is 47.9 Å². The van der Waals surface area contributed by atoms with Crippen LogP contribution in [0.3, 0.4) is 0 Å². The average Bonchev–Trinajstić information content (AvgIpc) is 1.35. The van der Waals surface area contributed by atoms with Crippen LogP contribution in [0.2, 0.25) is 0 Å². The fourth-order valence-electron chi connectivity index (χ4n) is 15.0. The molecule has 2 unspecified atom stereocenters. The number of anilines is 1. The van der Waals surface area contributed by atoms with Gasteiger partial charge < -0.3 is 58.1 Å². The summed E-state index contributed by atoms with van der Waals surface area (Å²) in [4.78, 5) is 85.1. The number of piperazine rings is 1. The van der Waals surface area contributed by atoms with Gasteiger partial charge in [-0.1, -0.05) is 63.2 Å². The van der Waals surface area contributed by atoms with Gasteiger partial charge in [0.05, 0.1) is 64.3 Å². The first-order chi connectivity index (χ1) is 45.7. The van der Waals surface area contributed by atoms with Crippen LogP contribution >= 0.6 is 11.3 Å². The molecule has 0 radical (unpaired) electrons. The van der Waals surface area contributed by atoms with Gasteiger partial charge in [-0.3, -0.25) is 24.4 Å². The van der Waals surface area contributed by atoms with Gasteiger partial charge in [0.1, 0.15) is 59.7 Å². The lowest BCUT2D eigenvalue weighted by molar-refractivity contribution is -0.141. The van der Waals surface area contributed by atoms with Crippen molar-refractivity contribution in [2.75, 3.05) is 71.3 Å². The van der Waals surface area contributed by atoms with Crippen molar-refractivity contribution in [2.45, 2.75) is 166 Å². The fourth-order valence-corrected chi connectivity index (χ4v) is 15.9. The van der Waals surface area contributed by atoms with Crippen LogP contribution < -0.4 is 24.4 Å². The molecule has 2 N–H and O–H groups in total. The van der Waals surface area contributed by atoms with E-state index < -0.39 is 47.2 Å². The average molecular weight is 1320 g/mol. The van der Waals surface area contributed by atoms with Gasteiger partial charge >= 0.3 is 18.2 Å². The number of ether oxygens (including phenoxy) is 6. The summed E-state index contributed by atoms with van der Waals surface area (Å²) in [5.74, 6) is -1.05. The number of thiazole rings is 1. The van der Waals surface area contributed by atoms with E-state index in [1.807, 2.05) is 107 Å². The summed E-state index contributed by atoms with van der Waals surface area (Å²) in [6, 6.07) is 17.6.